The molecule has 0 spiro atoms. The summed E-state index contributed by atoms with van der Waals surface area (Å²) < 4.78 is 32.2. The quantitative estimate of drug-likeness (QED) is 0.370. The number of sulfonamides is 1. The molecule has 0 aromatic heterocycles. The van der Waals surface area contributed by atoms with E-state index in [1.165, 1.54) is 16.3 Å². The molecule has 3 amide bonds. The zero-order valence-electron chi connectivity index (χ0n) is 25.7. The fraction of sp³-hybridized carbons (Fsp3) is 0.793. The van der Waals surface area contributed by atoms with Gasteiger partial charge in [0.25, 0.3) is 0 Å². The van der Waals surface area contributed by atoms with Crippen LogP contribution in [0.4, 0.5) is 4.79 Å². The van der Waals surface area contributed by atoms with Crippen molar-refractivity contribution in [3.05, 3.63) is 12.2 Å². The maximum Gasteiger partial charge on any atom is 0.408 e. The Bertz CT molecular complexity index is 1160. The summed E-state index contributed by atoms with van der Waals surface area (Å²) in [6, 6.07) is -1.78. The Morgan fingerprint density at radius 3 is 2.50 bits per heavy atom. The molecule has 5 atom stereocenters. The van der Waals surface area contributed by atoms with Gasteiger partial charge in [-0.2, -0.15) is 0 Å². The van der Waals surface area contributed by atoms with Crippen LogP contribution in [0.5, 0.6) is 0 Å². The van der Waals surface area contributed by atoms with E-state index in [2.05, 4.69) is 10.6 Å². The molecule has 1 saturated heterocycles. The molecule has 3 N–H and O–H groups in total. The summed E-state index contributed by atoms with van der Waals surface area (Å²) in [6.45, 7) is 8.95. The third-order valence-electron chi connectivity index (χ3n) is 8.57. The van der Waals surface area contributed by atoms with Crippen LogP contribution in [0.3, 0.4) is 0 Å². The SMILES string of the molecule is CC(C)S(=O)(=O)N(C)CC(OC(=O)N[C@H]1CCCCC/C=C\C2C[C@@]2(C(=O)O)NC(=O)[C@@H]2CCCN2C1=O)C(C)(C)C. The first kappa shape index (κ1) is 33.8. The lowest BCUT2D eigenvalue weighted by atomic mass is 9.89. The average molecular weight is 613 g/mol. The van der Waals surface area contributed by atoms with E-state index < -0.39 is 68.3 Å². The summed E-state index contributed by atoms with van der Waals surface area (Å²) in [5, 5.41) is 14.7. The first-order valence-corrected chi connectivity index (χ1v) is 16.5. The van der Waals surface area contributed by atoms with Gasteiger partial charge in [0.1, 0.15) is 23.7 Å². The third kappa shape index (κ3) is 7.83. The second-order valence-electron chi connectivity index (χ2n) is 13.2. The van der Waals surface area contributed by atoms with Crippen molar-refractivity contribution >= 4 is 33.9 Å². The van der Waals surface area contributed by atoms with Gasteiger partial charge in [-0.1, -0.05) is 45.8 Å². The normalized spacial score (nSPS) is 29.0. The van der Waals surface area contributed by atoms with Crippen molar-refractivity contribution in [2.75, 3.05) is 20.1 Å². The highest BCUT2D eigenvalue weighted by molar-refractivity contribution is 7.89. The predicted octanol–water partition coefficient (Wildman–Crippen LogP) is 2.64. The molecule has 2 fully saturated rings. The standard InChI is InChI=1S/C29H48N4O8S/c1-19(2)42(39,40)32(6)18-23(28(3,4)5)41-27(38)30-21-14-11-9-7-8-10-13-20-17-29(20,26(36)37)31-24(34)22-15-12-16-33(22)25(21)35/h10,13,19-23H,7-9,11-12,14-18H2,1-6H3,(H,30,38)(H,31,34)(H,36,37)/b13-10-/t20?,21-,22-,23?,29+/m0/s1. The number of allylic oxidation sites excluding steroid dienone is 1. The summed E-state index contributed by atoms with van der Waals surface area (Å²) in [7, 11) is -2.13. The highest BCUT2D eigenvalue weighted by Crippen LogP contribution is 2.45. The van der Waals surface area contributed by atoms with Gasteiger partial charge in [0.2, 0.25) is 21.8 Å². The first-order valence-electron chi connectivity index (χ1n) is 15.0. The van der Waals surface area contributed by atoms with Crippen LogP contribution in [0.15, 0.2) is 12.2 Å². The second-order valence-corrected chi connectivity index (χ2v) is 15.8. The van der Waals surface area contributed by atoms with Gasteiger partial charge in [-0.15, -0.1) is 0 Å². The lowest BCUT2D eigenvalue weighted by Gasteiger charge is -2.34. The van der Waals surface area contributed by atoms with Crippen molar-refractivity contribution < 1.29 is 37.4 Å². The number of aliphatic carboxylic acids is 1. The van der Waals surface area contributed by atoms with Gasteiger partial charge in [0.05, 0.1) is 11.8 Å². The van der Waals surface area contributed by atoms with Crippen molar-refractivity contribution in [1.82, 2.24) is 19.8 Å². The number of likely N-dealkylation sites (N-methyl/N-ethyl adjacent to an activating group) is 1. The highest BCUT2D eigenvalue weighted by atomic mass is 32.2. The maximum atomic E-state index is 13.8. The van der Waals surface area contributed by atoms with Crippen molar-refractivity contribution in [2.45, 2.75) is 115 Å². The number of carbonyl (C=O) groups excluding carboxylic acids is 3. The predicted molar refractivity (Wildman–Crippen MR) is 157 cm³/mol. The number of alkyl carbamates (subject to hydrolysis) is 1. The van der Waals surface area contributed by atoms with Crippen molar-refractivity contribution in [2.24, 2.45) is 11.3 Å². The number of nitrogens with zero attached hydrogens (tertiary/aromatic N) is 2. The summed E-state index contributed by atoms with van der Waals surface area (Å²) in [5.41, 5.74) is -1.96. The molecule has 1 aliphatic carbocycles. The third-order valence-corrected chi connectivity index (χ3v) is 10.8. The number of amides is 3. The van der Waals surface area contributed by atoms with Crippen LogP contribution < -0.4 is 10.6 Å². The molecule has 238 valence electrons. The number of ether oxygens (including phenoxy) is 1. The van der Waals surface area contributed by atoms with Gasteiger partial charge in [-0.05, 0) is 52.4 Å². The zero-order valence-corrected chi connectivity index (χ0v) is 26.5. The number of hydrogen-bond donors (Lipinski definition) is 3. The number of carboxylic acid groups (broad SMARTS) is 1. The number of nitrogens with one attached hydrogen (secondary N) is 2. The van der Waals surface area contributed by atoms with Crippen LogP contribution in [0.25, 0.3) is 0 Å². The van der Waals surface area contributed by atoms with Gasteiger partial charge in [-0.3, -0.25) is 9.59 Å². The van der Waals surface area contributed by atoms with Crippen LogP contribution >= 0.6 is 0 Å². The summed E-state index contributed by atoms with van der Waals surface area (Å²) in [4.78, 5) is 53.8. The first-order chi connectivity index (χ1) is 19.5. The molecular formula is C29H48N4O8S. The van der Waals surface area contributed by atoms with Crippen LogP contribution in [-0.2, 0) is 29.1 Å². The molecule has 13 heteroatoms. The van der Waals surface area contributed by atoms with E-state index in [1.807, 2.05) is 32.9 Å². The number of fused-ring (bicyclic) bond motifs is 2. The maximum absolute atomic E-state index is 13.8. The van der Waals surface area contributed by atoms with Crippen LogP contribution in [0.2, 0.25) is 0 Å². The summed E-state index contributed by atoms with van der Waals surface area (Å²) in [6.07, 6.45) is 6.81. The van der Waals surface area contributed by atoms with E-state index in [-0.39, 0.29) is 12.5 Å². The minimum absolute atomic E-state index is 0.0513. The minimum atomic E-state index is -3.58. The minimum Gasteiger partial charge on any atom is -0.479 e. The molecule has 0 aromatic carbocycles. The smallest absolute Gasteiger partial charge is 0.408 e. The molecule has 2 heterocycles. The monoisotopic (exact) mass is 612 g/mol. The van der Waals surface area contributed by atoms with Crippen molar-refractivity contribution in [3.8, 4) is 0 Å². The van der Waals surface area contributed by atoms with E-state index >= 15 is 0 Å². The number of hydrogen-bond acceptors (Lipinski definition) is 7. The topological polar surface area (TPSA) is 162 Å². The lowest BCUT2D eigenvalue weighted by Crippen LogP contribution is -2.56. The zero-order chi connectivity index (χ0) is 31.5. The number of rotatable bonds is 7. The van der Waals surface area contributed by atoms with Crippen molar-refractivity contribution in [1.29, 1.82) is 0 Å². The lowest BCUT2D eigenvalue weighted by molar-refractivity contribution is -0.145. The van der Waals surface area contributed by atoms with Crippen LogP contribution in [-0.4, -0.2) is 95.7 Å². The summed E-state index contributed by atoms with van der Waals surface area (Å²) >= 11 is 0. The Morgan fingerprint density at radius 2 is 1.88 bits per heavy atom. The highest BCUT2D eigenvalue weighted by Gasteiger charge is 2.61. The Balaban J connectivity index is 1.78. The van der Waals surface area contributed by atoms with E-state index in [0.29, 0.717) is 38.6 Å². The van der Waals surface area contributed by atoms with Gasteiger partial charge in [-0.25, -0.2) is 22.3 Å². The number of carboxylic acids is 1. The Morgan fingerprint density at radius 1 is 1.19 bits per heavy atom. The van der Waals surface area contributed by atoms with Gasteiger partial charge in [0.15, 0.2) is 0 Å². The van der Waals surface area contributed by atoms with E-state index in [9.17, 15) is 32.7 Å². The van der Waals surface area contributed by atoms with Crippen LogP contribution in [0, 0.1) is 11.3 Å². The molecule has 42 heavy (non-hydrogen) atoms. The Labute approximate surface area is 249 Å². The second kappa shape index (κ2) is 13.3. The number of carbonyl (C=O) groups is 4. The molecule has 2 unspecified atom stereocenters. The summed E-state index contributed by atoms with van der Waals surface area (Å²) in [5.74, 6) is -2.30. The largest absolute Gasteiger partial charge is 0.479 e. The molecule has 2 aliphatic heterocycles. The Kier molecular flexibility index (Phi) is 10.7. The van der Waals surface area contributed by atoms with E-state index in [4.69, 9.17) is 4.74 Å². The molecule has 0 aromatic rings. The molecule has 0 bridgehead atoms. The molecule has 12 nitrogen and oxygen atoms in total. The van der Waals surface area contributed by atoms with Crippen LogP contribution in [0.1, 0.15) is 86.0 Å². The molecule has 3 aliphatic rings. The van der Waals surface area contributed by atoms with E-state index in [0.717, 1.165) is 19.3 Å². The molecule has 3 rings (SSSR count). The van der Waals surface area contributed by atoms with Gasteiger partial charge < -0.3 is 25.4 Å². The Hall–Kier alpha value is -2.67. The fourth-order valence-electron chi connectivity index (χ4n) is 5.57. The fourth-order valence-corrected chi connectivity index (χ4v) is 6.63. The van der Waals surface area contributed by atoms with Gasteiger partial charge >= 0.3 is 12.1 Å². The van der Waals surface area contributed by atoms with Crippen molar-refractivity contribution in [3.63, 3.8) is 0 Å². The average Bonchev–Trinajstić information content (AvgIpc) is 3.36. The molecule has 1 saturated carbocycles. The molecule has 0 radical (unpaired) electrons. The molecular weight excluding hydrogens is 564 g/mol. The van der Waals surface area contributed by atoms with E-state index in [1.54, 1.807) is 13.8 Å². The van der Waals surface area contributed by atoms with Gasteiger partial charge in [0, 0.05) is 24.9 Å².